The third-order valence-electron chi connectivity index (χ3n) is 3.90. The fourth-order valence-electron chi connectivity index (χ4n) is 2.86. The largest absolute Gasteiger partial charge is 0.500 e. The van der Waals surface area contributed by atoms with Crippen LogP contribution in [0.1, 0.15) is 46.5 Å². The lowest BCUT2D eigenvalue weighted by Crippen LogP contribution is -2.45. The van der Waals surface area contributed by atoms with Gasteiger partial charge in [-0.05, 0) is 40.2 Å². The number of hydrogen-bond acceptors (Lipinski definition) is 5. The van der Waals surface area contributed by atoms with Crippen molar-refractivity contribution >= 4 is 8.80 Å². The average Bonchev–Trinajstić information content (AvgIpc) is 2.52. The molecule has 22 heavy (non-hydrogen) atoms. The molecule has 0 aromatic rings. The van der Waals surface area contributed by atoms with Crippen LogP contribution in [0.15, 0.2) is 0 Å². The molecule has 0 unspecified atom stereocenters. The molecule has 0 atom stereocenters. The highest BCUT2D eigenvalue weighted by Gasteiger charge is 2.39. The molecule has 1 aliphatic heterocycles. The van der Waals surface area contributed by atoms with Crippen LogP contribution < -0.4 is 0 Å². The van der Waals surface area contributed by atoms with Gasteiger partial charge in [-0.2, -0.15) is 0 Å². The molecule has 0 saturated carbocycles. The first-order valence-corrected chi connectivity index (χ1v) is 10.9. The highest BCUT2D eigenvalue weighted by atomic mass is 28.4. The van der Waals surface area contributed by atoms with Crippen molar-refractivity contribution in [2.24, 2.45) is 0 Å². The molecule has 0 spiro atoms. The smallest absolute Gasteiger partial charge is 0.379 e. The van der Waals surface area contributed by atoms with E-state index in [2.05, 4.69) is 4.90 Å². The fourth-order valence-corrected chi connectivity index (χ4v) is 5.54. The minimum absolute atomic E-state index is 0.670. The molecule has 0 aromatic carbocycles. The van der Waals surface area contributed by atoms with E-state index in [1.807, 2.05) is 20.8 Å². The molecule has 0 N–H and O–H groups in total. The second-order valence-electron chi connectivity index (χ2n) is 5.60. The van der Waals surface area contributed by atoms with Gasteiger partial charge in [-0.15, -0.1) is 0 Å². The van der Waals surface area contributed by atoms with E-state index in [0.717, 1.165) is 38.8 Å². The van der Waals surface area contributed by atoms with Crippen LogP contribution >= 0.6 is 0 Å². The Kier molecular flexibility index (Phi) is 11.3. The van der Waals surface area contributed by atoms with Gasteiger partial charge in [0.25, 0.3) is 0 Å². The summed E-state index contributed by atoms with van der Waals surface area (Å²) < 4.78 is 23.0. The lowest BCUT2D eigenvalue weighted by molar-refractivity contribution is 0.0371. The van der Waals surface area contributed by atoms with Crippen molar-refractivity contribution < 1.29 is 18.0 Å². The van der Waals surface area contributed by atoms with Crippen LogP contribution in [0.5, 0.6) is 0 Å². The normalized spacial score (nSPS) is 17.0. The summed E-state index contributed by atoms with van der Waals surface area (Å²) >= 11 is 0. The zero-order chi connectivity index (χ0) is 16.1. The van der Waals surface area contributed by atoms with Gasteiger partial charge in [0.1, 0.15) is 0 Å². The Morgan fingerprint density at radius 2 is 1.36 bits per heavy atom. The van der Waals surface area contributed by atoms with Gasteiger partial charge in [-0.3, -0.25) is 4.90 Å². The first-order chi connectivity index (χ1) is 10.8. The molecule has 6 heteroatoms. The summed E-state index contributed by atoms with van der Waals surface area (Å²) in [5, 5.41) is 0. The first kappa shape index (κ1) is 20.1. The Balaban J connectivity index is 2.15. The Morgan fingerprint density at radius 1 is 0.818 bits per heavy atom. The number of nitrogens with zero attached hydrogens (tertiary/aromatic N) is 1. The van der Waals surface area contributed by atoms with Gasteiger partial charge in [0.05, 0.1) is 13.2 Å². The quantitative estimate of drug-likeness (QED) is 0.383. The zero-order valence-corrected chi connectivity index (χ0v) is 15.8. The summed E-state index contributed by atoms with van der Waals surface area (Å²) in [4.78, 5) is 2.50. The molecular weight excluding hydrogens is 298 g/mol. The maximum Gasteiger partial charge on any atom is 0.500 e. The Hall–Kier alpha value is 0.0169. The van der Waals surface area contributed by atoms with E-state index in [9.17, 15) is 0 Å². The van der Waals surface area contributed by atoms with Gasteiger partial charge in [0.2, 0.25) is 0 Å². The maximum atomic E-state index is 5.88. The van der Waals surface area contributed by atoms with Crippen LogP contribution in [0.2, 0.25) is 6.04 Å². The number of hydrogen-bond donors (Lipinski definition) is 0. The van der Waals surface area contributed by atoms with E-state index < -0.39 is 8.80 Å². The molecule has 1 heterocycles. The molecule has 1 saturated heterocycles. The SMILES string of the molecule is CCO[Si](CCCCCCN1CCOCC1)(OCC)OCC. The van der Waals surface area contributed by atoms with E-state index >= 15 is 0 Å². The van der Waals surface area contributed by atoms with Crippen molar-refractivity contribution in [1.29, 1.82) is 0 Å². The molecule has 0 radical (unpaired) electrons. The number of morpholine rings is 1. The molecule has 5 nitrogen and oxygen atoms in total. The Morgan fingerprint density at radius 3 is 1.91 bits per heavy atom. The molecule has 0 amide bonds. The van der Waals surface area contributed by atoms with Gasteiger partial charge >= 0.3 is 8.80 Å². The number of ether oxygens (including phenoxy) is 1. The summed E-state index contributed by atoms with van der Waals surface area (Å²) in [6.45, 7) is 13.2. The standard InChI is InChI=1S/C16H35NO4Si/c1-4-19-22(20-5-2,21-6-3)16-10-8-7-9-11-17-12-14-18-15-13-17/h4-16H2,1-3H3. The molecule has 1 rings (SSSR count). The van der Waals surface area contributed by atoms with Crippen molar-refractivity contribution in [2.75, 3.05) is 52.7 Å². The van der Waals surface area contributed by atoms with E-state index in [1.165, 1.54) is 25.8 Å². The second kappa shape index (κ2) is 12.4. The van der Waals surface area contributed by atoms with Crippen LogP contribution in [-0.2, 0) is 18.0 Å². The Labute approximate surface area is 137 Å². The van der Waals surface area contributed by atoms with Crippen LogP contribution in [0.4, 0.5) is 0 Å². The van der Waals surface area contributed by atoms with Crippen molar-refractivity contribution in [3.63, 3.8) is 0 Å². The minimum Gasteiger partial charge on any atom is -0.379 e. The number of unbranched alkanes of at least 4 members (excludes halogenated alkanes) is 3. The Bertz CT molecular complexity index is 246. The summed E-state index contributed by atoms with van der Waals surface area (Å²) in [5.74, 6) is 0. The second-order valence-corrected chi connectivity index (χ2v) is 8.33. The first-order valence-electron chi connectivity index (χ1n) is 8.98. The van der Waals surface area contributed by atoms with Crippen molar-refractivity contribution in [3.05, 3.63) is 0 Å². The highest BCUT2D eigenvalue weighted by molar-refractivity contribution is 6.60. The van der Waals surface area contributed by atoms with Gasteiger partial charge < -0.3 is 18.0 Å². The molecule has 0 aromatic heterocycles. The maximum absolute atomic E-state index is 5.88. The van der Waals surface area contributed by atoms with Crippen LogP contribution in [0, 0.1) is 0 Å². The van der Waals surface area contributed by atoms with Crippen LogP contribution in [-0.4, -0.2) is 66.4 Å². The molecule has 0 aliphatic carbocycles. The van der Waals surface area contributed by atoms with Crippen molar-refractivity contribution in [1.82, 2.24) is 4.90 Å². The molecule has 1 aliphatic rings. The third-order valence-corrected chi connectivity index (χ3v) is 7.06. The third kappa shape index (κ3) is 8.03. The zero-order valence-electron chi connectivity index (χ0n) is 14.8. The fraction of sp³-hybridized carbons (Fsp3) is 1.00. The highest BCUT2D eigenvalue weighted by Crippen LogP contribution is 2.20. The monoisotopic (exact) mass is 333 g/mol. The predicted molar refractivity (Wildman–Crippen MR) is 91.2 cm³/mol. The molecule has 0 bridgehead atoms. The van der Waals surface area contributed by atoms with E-state index in [0.29, 0.717) is 19.8 Å². The summed E-state index contributed by atoms with van der Waals surface area (Å²) in [6.07, 6.45) is 4.90. The number of rotatable bonds is 13. The lowest BCUT2D eigenvalue weighted by Gasteiger charge is -2.28. The van der Waals surface area contributed by atoms with Gasteiger partial charge in [0.15, 0.2) is 0 Å². The summed E-state index contributed by atoms with van der Waals surface area (Å²) in [5.41, 5.74) is 0. The summed E-state index contributed by atoms with van der Waals surface area (Å²) in [7, 11) is -2.41. The average molecular weight is 334 g/mol. The molecule has 1 fully saturated rings. The topological polar surface area (TPSA) is 40.2 Å². The van der Waals surface area contributed by atoms with Gasteiger partial charge in [-0.1, -0.05) is 12.8 Å². The van der Waals surface area contributed by atoms with E-state index in [-0.39, 0.29) is 0 Å². The molecule has 132 valence electrons. The lowest BCUT2D eigenvalue weighted by atomic mass is 10.2. The van der Waals surface area contributed by atoms with Gasteiger partial charge in [-0.25, -0.2) is 0 Å². The molecular formula is C16H35NO4Si. The van der Waals surface area contributed by atoms with Crippen LogP contribution in [0.3, 0.4) is 0 Å². The van der Waals surface area contributed by atoms with Crippen molar-refractivity contribution in [2.45, 2.75) is 52.5 Å². The minimum atomic E-state index is -2.41. The summed E-state index contributed by atoms with van der Waals surface area (Å²) in [6, 6.07) is 0.945. The van der Waals surface area contributed by atoms with E-state index in [4.69, 9.17) is 18.0 Å². The predicted octanol–water partition coefficient (Wildman–Crippen LogP) is 2.93. The van der Waals surface area contributed by atoms with Crippen LogP contribution in [0.25, 0.3) is 0 Å². The van der Waals surface area contributed by atoms with Gasteiger partial charge in [0, 0.05) is 39.0 Å². The van der Waals surface area contributed by atoms with Crippen molar-refractivity contribution in [3.8, 4) is 0 Å². The van der Waals surface area contributed by atoms with E-state index in [1.54, 1.807) is 0 Å².